The van der Waals surface area contributed by atoms with Gasteiger partial charge in [0.2, 0.25) is 5.91 Å². The predicted octanol–water partition coefficient (Wildman–Crippen LogP) is 0.197. The topological polar surface area (TPSA) is 89.3 Å². The molecule has 1 amide bonds. The highest BCUT2D eigenvalue weighted by Gasteiger charge is 2.31. The van der Waals surface area contributed by atoms with E-state index in [1.807, 2.05) is 0 Å². The maximum atomic E-state index is 12.1. The molecule has 2 fully saturated rings. The highest BCUT2D eigenvalue weighted by Crippen LogP contribution is 2.23. The zero-order chi connectivity index (χ0) is 13.2. The smallest absolute Gasteiger partial charge is 0.224 e. The van der Waals surface area contributed by atoms with Gasteiger partial charge in [-0.25, -0.2) is 8.42 Å². The Morgan fingerprint density at radius 2 is 1.83 bits per heavy atom. The van der Waals surface area contributed by atoms with Crippen LogP contribution in [0.4, 0.5) is 0 Å². The first-order valence-corrected chi connectivity index (χ1v) is 8.56. The summed E-state index contributed by atoms with van der Waals surface area (Å²) in [4.78, 5) is 12.1. The summed E-state index contributed by atoms with van der Waals surface area (Å²) in [6.07, 6.45) is 5.24. The number of hydrogen-bond donors (Lipinski definition) is 2. The average molecular weight is 274 g/mol. The molecule has 104 valence electrons. The molecule has 1 saturated carbocycles. The monoisotopic (exact) mass is 274 g/mol. The first kappa shape index (κ1) is 13.8. The van der Waals surface area contributed by atoms with Gasteiger partial charge in [0.15, 0.2) is 9.84 Å². The molecule has 0 radical (unpaired) electrons. The molecule has 6 heteroatoms. The summed E-state index contributed by atoms with van der Waals surface area (Å²) in [6.45, 7) is 0. The molecule has 18 heavy (non-hydrogen) atoms. The number of carbonyl (C=O) groups is 1. The van der Waals surface area contributed by atoms with E-state index in [1.54, 1.807) is 0 Å². The third kappa shape index (κ3) is 3.45. The van der Waals surface area contributed by atoms with E-state index >= 15 is 0 Å². The number of carbonyl (C=O) groups excluding carboxylic acids is 1. The van der Waals surface area contributed by atoms with E-state index in [0.29, 0.717) is 6.42 Å². The van der Waals surface area contributed by atoms with Gasteiger partial charge < -0.3 is 11.1 Å². The molecule has 0 aromatic carbocycles. The van der Waals surface area contributed by atoms with Crippen LogP contribution in [0.1, 0.15) is 38.5 Å². The predicted molar refractivity (Wildman–Crippen MR) is 69.8 cm³/mol. The van der Waals surface area contributed by atoms with Crippen molar-refractivity contribution in [2.45, 2.75) is 50.6 Å². The molecule has 3 N–H and O–H groups in total. The summed E-state index contributed by atoms with van der Waals surface area (Å²) in [5, 5.41) is 2.88. The van der Waals surface area contributed by atoms with Crippen molar-refractivity contribution < 1.29 is 13.2 Å². The van der Waals surface area contributed by atoms with Gasteiger partial charge in [0, 0.05) is 12.1 Å². The molecule has 1 aliphatic carbocycles. The van der Waals surface area contributed by atoms with Crippen LogP contribution in [-0.4, -0.2) is 37.9 Å². The van der Waals surface area contributed by atoms with Crippen LogP contribution in [0.3, 0.4) is 0 Å². The summed E-state index contributed by atoms with van der Waals surface area (Å²) in [5.41, 5.74) is 5.96. The number of nitrogens with two attached hydrogens (primary N) is 1. The summed E-state index contributed by atoms with van der Waals surface area (Å²) in [6, 6.07) is -0.288. The summed E-state index contributed by atoms with van der Waals surface area (Å²) in [5.74, 6) is 0.149. The van der Waals surface area contributed by atoms with Gasteiger partial charge in [-0.3, -0.25) is 4.79 Å². The fourth-order valence-corrected chi connectivity index (χ4v) is 4.57. The molecule has 3 unspecified atom stereocenters. The lowest BCUT2D eigenvalue weighted by Gasteiger charge is -2.30. The number of hydrogen-bond acceptors (Lipinski definition) is 4. The first-order chi connectivity index (χ1) is 8.48. The SMILES string of the molecule is NC1CCCCC1C(=O)NC1CCCS(=O)(=O)C1. The van der Waals surface area contributed by atoms with Crippen LogP contribution in [0, 0.1) is 5.92 Å². The standard InChI is InChI=1S/C12H22N2O3S/c13-11-6-2-1-5-10(11)12(15)14-9-4-3-7-18(16,17)8-9/h9-11H,1-8,13H2,(H,14,15). The second-order valence-corrected chi connectivity index (χ2v) is 7.75. The molecule has 1 saturated heterocycles. The normalized spacial score (nSPS) is 35.9. The molecule has 0 spiro atoms. The number of nitrogens with one attached hydrogen (secondary N) is 1. The zero-order valence-electron chi connectivity index (χ0n) is 10.6. The lowest BCUT2D eigenvalue weighted by atomic mass is 9.84. The van der Waals surface area contributed by atoms with Crippen molar-refractivity contribution in [3.05, 3.63) is 0 Å². The molecule has 3 atom stereocenters. The van der Waals surface area contributed by atoms with Crippen LogP contribution in [0.2, 0.25) is 0 Å². The molecule has 1 heterocycles. The highest BCUT2D eigenvalue weighted by atomic mass is 32.2. The molecule has 0 bridgehead atoms. The number of rotatable bonds is 2. The largest absolute Gasteiger partial charge is 0.352 e. The van der Waals surface area contributed by atoms with Gasteiger partial charge in [0.25, 0.3) is 0 Å². The number of sulfone groups is 1. The van der Waals surface area contributed by atoms with Crippen molar-refractivity contribution >= 4 is 15.7 Å². The second kappa shape index (κ2) is 5.57. The van der Waals surface area contributed by atoms with Gasteiger partial charge in [-0.2, -0.15) is 0 Å². The van der Waals surface area contributed by atoms with Crippen LogP contribution in [0.15, 0.2) is 0 Å². The van der Waals surface area contributed by atoms with Crippen molar-refractivity contribution in [1.82, 2.24) is 5.32 Å². The summed E-state index contributed by atoms with van der Waals surface area (Å²) in [7, 11) is -2.97. The lowest BCUT2D eigenvalue weighted by molar-refractivity contribution is -0.127. The Balaban J connectivity index is 1.90. The Hall–Kier alpha value is -0.620. The van der Waals surface area contributed by atoms with Crippen molar-refractivity contribution in [3.8, 4) is 0 Å². The Morgan fingerprint density at radius 3 is 2.50 bits per heavy atom. The molecular weight excluding hydrogens is 252 g/mol. The van der Waals surface area contributed by atoms with Gasteiger partial charge in [-0.15, -0.1) is 0 Å². The molecule has 2 aliphatic rings. The summed E-state index contributed by atoms with van der Waals surface area (Å²) >= 11 is 0. The Morgan fingerprint density at radius 1 is 1.11 bits per heavy atom. The Labute approximate surface area is 108 Å². The highest BCUT2D eigenvalue weighted by molar-refractivity contribution is 7.91. The Bertz CT molecular complexity index is 408. The van der Waals surface area contributed by atoms with E-state index < -0.39 is 9.84 Å². The van der Waals surface area contributed by atoms with Gasteiger partial charge in [0.05, 0.1) is 17.4 Å². The van der Waals surface area contributed by atoms with E-state index in [0.717, 1.165) is 32.1 Å². The van der Waals surface area contributed by atoms with Crippen molar-refractivity contribution in [3.63, 3.8) is 0 Å². The molecule has 0 aromatic heterocycles. The minimum Gasteiger partial charge on any atom is -0.352 e. The van der Waals surface area contributed by atoms with Crippen LogP contribution in [-0.2, 0) is 14.6 Å². The van der Waals surface area contributed by atoms with Crippen LogP contribution in [0.5, 0.6) is 0 Å². The number of amides is 1. The zero-order valence-corrected chi connectivity index (χ0v) is 11.4. The van der Waals surface area contributed by atoms with E-state index in [-0.39, 0.29) is 35.4 Å². The maximum Gasteiger partial charge on any atom is 0.224 e. The average Bonchev–Trinajstić information content (AvgIpc) is 2.28. The Kier molecular flexibility index (Phi) is 4.27. The minimum atomic E-state index is -2.97. The van der Waals surface area contributed by atoms with Gasteiger partial charge in [-0.05, 0) is 25.7 Å². The van der Waals surface area contributed by atoms with Crippen LogP contribution >= 0.6 is 0 Å². The van der Waals surface area contributed by atoms with Crippen LogP contribution < -0.4 is 11.1 Å². The molecule has 0 aromatic rings. The summed E-state index contributed by atoms with van der Waals surface area (Å²) < 4.78 is 23.0. The third-order valence-corrected chi connectivity index (χ3v) is 5.79. The van der Waals surface area contributed by atoms with E-state index in [9.17, 15) is 13.2 Å². The van der Waals surface area contributed by atoms with E-state index in [4.69, 9.17) is 5.73 Å². The first-order valence-electron chi connectivity index (χ1n) is 6.74. The van der Waals surface area contributed by atoms with E-state index in [1.165, 1.54) is 0 Å². The third-order valence-electron chi connectivity index (χ3n) is 3.97. The fraction of sp³-hybridized carbons (Fsp3) is 0.917. The molecular formula is C12H22N2O3S. The van der Waals surface area contributed by atoms with Crippen LogP contribution in [0.25, 0.3) is 0 Å². The molecule has 5 nitrogen and oxygen atoms in total. The second-order valence-electron chi connectivity index (χ2n) is 5.52. The fourth-order valence-electron chi connectivity index (χ4n) is 2.93. The van der Waals surface area contributed by atoms with Gasteiger partial charge >= 0.3 is 0 Å². The molecule has 2 rings (SSSR count). The molecule has 1 aliphatic heterocycles. The van der Waals surface area contributed by atoms with Gasteiger partial charge in [0.1, 0.15) is 0 Å². The maximum absolute atomic E-state index is 12.1. The quantitative estimate of drug-likeness (QED) is 0.752. The van der Waals surface area contributed by atoms with Crippen molar-refractivity contribution in [2.75, 3.05) is 11.5 Å². The van der Waals surface area contributed by atoms with Crippen molar-refractivity contribution in [1.29, 1.82) is 0 Å². The van der Waals surface area contributed by atoms with E-state index in [2.05, 4.69) is 5.32 Å². The minimum absolute atomic E-state index is 0.0516. The van der Waals surface area contributed by atoms with Gasteiger partial charge in [-0.1, -0.05) is 12.8 Å². The van der Waals surface area contributed by atoms with Crippen molar-refractivity contribution in [2.24, 2.45) is 11.7 Å². The lowest BCUT2D eigenvalue weighted by Crippen LogP contribution is -2.49.